The average Bonchev–Trinajstić information content (AvgIpc) is 2.91. The summed E-state index contributed by atoms with van der Waals surface area (Å²) in [4.78, 5) is 14.4. The first-order valence-corrected chi connectivity index (χ1v) is 10.6. The van der Waals surface area contributed by atoms with E-state index in [1.807, 2.05) is 20.8 Å². The number of carbonyl (C=O) groups excluding carboxylic acids is 1. The first-order chi connectivity index (χ1) is 13.5. The summed E-state index contributed by atoms with van der Waals surface area (Å²) in [7, 11) is -2.12. The van der Waals surface area contributed by atoms with Gasteiger partial charge in [-0.3, -0.25) is 4.79 Å². The van der Waals surface area contributed by atoms with E-state index in [1.165, 1.54) is 23.1 Å². The molecule has 0 radical (unpaired) electrons. The van der Waals surface area contributed by atoms with Gasteiger partial charge in [0.2, 0.25) is 5.91 Å². The summed E-state index contributed by atoms with van der Waals surface area (Å²) in [6.07, 6.45) is 0. The lowest BCUT2D eigenvalue weighted by Gasteiger charge is -2.32. The van der Waals surface area contributed by atoms with Crippen molar-refractivity contribution in [2.75, 3.05) is 13.6 Å². The van der Waals surface area contributed by atoms with E-state index in [2.05, 4.69) is 9.71 Å². The number of carbonyl (C=O) groups is 1. The molecule has 0 saturated carbocycles. The van der Waals surface area contributed by atoms with Crippen molar-refractivity contribution in [3.05, 3.63) is 65.5 Å². The fourth-order valence-electron chi connectivity index (χ4n) is 3.32. The Morgan fingerprint density at radius 1 is 1.14 bits per heavy atom. The van der Waals surface area contributed by atoms with Crippen molar-refractivity contribution in [2.24, 2.45) is 9.81 Å². The molecule has 0 spiro atoms. The fraction of sp³-hybridized carbons (Fsp3) is 0.333. The number of fused-ring (bicyclic) bond motifs is 1. The van der Waals surface area contributed by atoms with Crippen LogP contribution in [0.4, 0.5) is 4.39 Å². The van der Waals surface area contributed by atoms with Gasteiger partial charge < -0.3 is 10.2 Å². The summed E-state index contributed by atoms with van der Waals surface area (Å²) in [5.41, 5.74) is 0.960. The monoisotopic (exact) mass is 417 g/mol. The van der Waals surface area contributed by atoms with Crippen molar-refractivity contribution in [1.29, 1.82) is 0 Å². The lowest BCUT2D eigenvalue weighted by molar-refractivity contribution is -0.122. The molecule has 29 heavy (non-hydrogen) atoms. The molecule has 0 aromatic heterocycles. The van der Waals surface area contributed by atoms with Crippen molar-refractivity contribution in [3.8, 4) is 0 Å². The predicted octanol–water partition coefficient (Wildman–Crippen LogP) is 3.11. The van der Waals surface area contributed by atoms with Gasteiger partial charge in [0, 0.05) is 12.6 Å². The number of amidine groups is 1. The van der Waals surface area contributed by atoms with E-state index in [0.717, 1.165) is 5.56 Å². The highest BCUT2D eigenvalue weighted by Gasteiger charge is 2.32. The molecule has 1 unspecified atom stereocenters. The van der Waals surface area contributed by atoms with Crippen LogP contribution < -0.4 is 5.32 Å². The SMILES string of the molecule is CN(CC(=O)NC(c1ccc(F)cc1)C(C)(C)C)C1=NS(=O)(=O)c2ccccc21. The summed E-state index contributed by atoms with van der Waals surface area (Å²) < 4.78 is 41.6. The summed E-state index contributed by atoms with van der Waals surface area (Å²) in [6.45, 7) is 5.87. The topological polar surface area (TPSA) is 78.8 Å². The summed E-state index contributed by atoms with van der Waals surface area (Å²) in [6, 6.07) is 12.2. The molecular formula is C21H24FN3O3S. The second kappa shape index (κ2) is 7.59. The number of benzene rings is 2. The van der Waals surface area contributed by atoms with E-state index in [-0.39, 0.29) is 40.5 Å². The van der Waals surface area contributed by atoms with Gasteiger partial charge in [0.25, 0.3) is 10.0 Å². The highest BCUT2D eigenvalue weighted by Crippen LogP contribution is 2.33. The minimum Gasteiger partial charge on any atom is -0.349 e. The quantitative estimate of drug-likeness (QED) is 0.829. The van der Waals surface area contributed by atoms with Crippen LogP contribution in [-0.2, 0) is 14.8 Å². The maximum atomic E-state index is 13.3. The van der Waals surface area contributed by atoms with E-state index < -0.39 is 10.0 Å². The Balaban J connectivity index is 1.78. The molecule has 0 bridgehead atoms. The zero-order valence-electron chi connectivity index (χ0n) is 16.8. The summed E-state index contributed by atoms with van der Waals surface area (Å²) in [5.74, 6) is -0.391. The number of nitrogens with zero attached hydrogens (tertiary/aromatic N) is 2. The van der Waals surface area contributed by atoms with Crippen molar-refractivity contribution < 1.29 is 17.6 Å². The number of nitrogens with one attached hydrogen (secondary N) is 1. The van der Waals surface area contributed by atoms with Crippen molar-refractivity contribution in [3.63, 3.8) is 0 Å². The first-order valence-electron chi connectivity index (χ1n) is 9.19. The van der Waals surface area contributed by atoms with Crippen LogP contribution in [-0.4, -0.2) is 38.7 Å². The van der Waals surface area contributed by atoms with Gasteiger partial charge in [-0.25, -0.2) is 4.39 Å². The third-order valence-electron chi connectivity index (χ3n) is 4.73. The molecule has 3 rings (SSSR count). The molecule has 0 fully saturated rings. The molecule has 1 heterocycles. The van der Waals surface area contributed by atoms with Crippen molar-refractivity contribution in [2.45, 2.75) is 31.7 Å². The maximum absolute atomic E-state index is 13.3. The molecule has 1 N–H and O–H groups in total. The summed E-state index contributed by atoms with van der Waals surface area (Å²) in [5, 5.41) is 2.98. The van der Waals surface area contributed by atoms with Gasteiger partial charge in [-0.05, 0) is 35.2 Å². The first kappa shape index (κ1) is 21.0. The molecule has 0 saturated heterocycles. The second-order valence-electron chi connectivity index (χ2n) is 8.16. The molecule has 1 atom stereocenters. The molecule has 1 aliphatic rings. The number of sulfonamides is 1. The third-order valence-corrected chi connectivity index (χ3v) is 6.05. The van der Waals surface area contributed by atoms with Crippen LogP contribution in [0.1, 0.15) is 37.9 Å². The minimum absolute atomic E-state index is 0.0730. The molecule has 6 nitrogen and oxygen atoms in total. The Hall–Kier alpha value is -2.74. The van der Waals surface area contributed by atoms with E-state index in [4.69, 9.17) is 0 Å². The Bertz CT molecular complexity index is 1060. The molecular weight excluding hydrogens is 393 g/mol. The van der Waals surface area contributed by atoms with E-state index in [0.29, 0.717) is 5.56 Å². The van der Waals surface area contributed by atoms with E-state index >= 15 is 0 Å². The van der Waals surface area contributed by atoms with Crippen molar-refractivity contribution >= 4 is 21.8 Å². The van der Waals surface area contributed by atoms with Gasteiger partial charge in [0.1, 0.15) is 10.7 Å². The molecule has 2 aromatic rings. The molecule has 2 aromatic carbocycles. The number of likely N-dealkylation sites (N-methyl/N-ethyl adjacent to an activating group) is 1. The smallest absolute Gasteiger partial charge is 0.285 e. The highest BCUT2D eigenvalue weighted by molar-refractivity contribution is 7.90. The second-order valence-corrected chi connectivity index (χ2v) is 9.73. The molecule has 1 aliphatic heterocycles. The molecule has 154 valence electrons. The Labute approximate surface area is 170 Å². The molecule has 0 aliphatic carbocycles. The predicted molar refractivity (Wildman–Crippen MR) is 110 cm³/mol. The Morgan fingerprint density at radius 2 is 1.76 bits per heavy atom. The minimum atomic E-state index is -3.75. The lowest BCUT2D eigenvalue weighted by Crippen LogP contribution is -2.43. The normalized spacial score (nSPS) is 16.0. The van der Waals surface area contributed by atoms with Crippen LogP contribution in [0.3, 0.4) is 0 Å². The lowest BCUT2D eigenvalue weighted by atomic mass is 9.82. The van der Waals surface area contributed by atoms with Gasteiger partial charge in [0.05, 0.1) is 12.6 Å². The Morgan fingerprint density at radius 3 is 2.38 bits per heavy atom. The van der Waals surface area contributed by atoms with Crippen LogP contribution >= 0.6 is 0 Å². The standard InChI is InChI=1S/C21H24FN3O3S/c1-21(2,3)19(14-9-11-15(22)12-10-14)23-18(26)13-25(4)20-16-7-5-6-8-17(16)29(27,28)24-20/h5-12,19H,13H2,1-4H3,(H,23,26). The van der Waals surface area contributed by atoms with Gasteiger partial charge in [-0.15, -0.1) is 4.40 Å². The van der Waals surface area contributed by atoms with Crippen LogP contribution in [0.2, 0.25) is 0 Å². The largest absolute Gasteiger partial charge is 0.349 e. The summed E-state index contributed by atoms with van der Waals surface area (Å²) >= 11 is 0. The van der Waals surface area contributed by atoms with Crippen LogP contribution in [0, 0.1) is 11.2 Å². The molecule has 1 amide bonds. The number of rotatable bonds is 4. The van der Waals surface area contributed by atoms with E-state index in [1.54, 1.807) is 37.4 Å². The van der Waals surface area contributed by atoms with Gasteiger partial charge in [-0.1, -0.05) is 45.0 Å². The zero-order chi connectivity index (χ0) is 21.4. The number of amides is 1. The zero-order valence-corrected chi connectivity index (χ0v) is 17.6. The molecule has 8 heteroatoms. The number of hydrogen-bond donors (Lipinski definition) is 1. The van der Waals surface area contributed by atoms with Gasteiger partial charge >= 0.3 is 0 Å². The van der Waals surface area contributed by atoms with Gasteiger partial charge in [0.15, 0.2) is 5.84 Å². The van der Waals surface area contributed by atoms with Crippen LogP contribution in [0.5, 0.6) is 0 Å². The number of halogens is 1. The van der Waals surface area contributed by atoms with Crippen LogP contribution in [0.15, 0.2) is 57.8 Å². The number of hydrogen-bond acceptors (Lipinski definition) is 4. The van der Waals surface area contributed by atoms with E-state index in [9.17, 15) is 17.6 Å². The van der Waals surface area contributed by atoms with Crippen molar-refractivity contribution in [1.82, 2.24) is 10.2 Å². The highest BCUT2D eigenvalue weighted by atomic mass is 32.2. The Kier molecular flexibility index (Phi) is 5.49. The van der Waals surface area contributed by atoms with Crippen LogP contribution in [0.25, 0.3) is 0 Å². The fourth-order valence-corrected chi connectivity index (χ4v) is 4.57. The maximum Gasteiger partial charge on any atom is 0.285 e. The average molecular weight is 418 g/mol. The van der Waals surface area contributed by atoms with Gasteiger partial charge in [-0.2, -0.15) is 8.42 Å². The third kappa shape index (κ3) is 4.48.